The van der Waals surface area contributed by atoms with Gasteiger partial charge in [-0.2, -0.15) is 0 Å². The fourth-order valence-corrected chi connectivity index (χ4v) is 5.26. The number of aliphatic hydroxyl groups is 1. The minimum absolute atomic E-state index is 0.00641. The van der Waals surface area contributed by atoms with Crippen molar-refractivity contribution in [1.29, 1.82) is 0 Å². The number of carbonyl (C=O) groups is 4. The monoisotopic (exact) mass is 642 g/mol. The van der Waals surface area contributed by atoms with Crippen LogP contribution in [0.3, 0.4) is 0 Å². The molecule has 1 aromatic rings. The van der Waals surface area contributed by atoms with Gasteiger partial charge in [0.15, 0.2) is 0 Å². The van der Waals surface area contributed by atoms with Crippen LogP contribution in [0.5, 0.6) is 0 Å². The predicted molar refractivity (Wildman–Crippen MR) is 162 cm³/mol. The van der Waals surface area contributed by atoms with Gasteiger partial charge in [0.25, 0.3) is 11.8 Å². The Morgan fingerprint density at radius 1 is 0.884 bits per heavy atom. The molecule has 240 valence electrons. The normalized spacial score (nSPS) is 12.8. The third-order valence-electron chi connectivity index (χ3n) is 5.65. The highest BCUT2D eigenvalue weighted by molar-refractivity contribution is 8.76. The molecule has 0 saturated heterocycles. The number of nitrogens with zero attached hydrogens (tertiary/aromatic N) is 2. The molecule has 0 radical (unpaired) electrons. The molecule has 0 fully saturated rings. The first-order valence-electron chi connectivity index (χ1n) is 14.1. The smallest absolute Gasteiger partial charge is 0.410 e. The zero-order valence-electron chi connectivity index (χ0n) is 24.8. The van der Waals surface area contributed by atoms with E-state index in [2.05, 4.69) is 0 Å². The largest absolute Gasteiger partial charge is 0.465 e. The molecule has 14 heteroatoms. The van der Waals surface area contributed by atoms with Gasteiger partial charge in [-0.25, -0.2) is 4.79 Å². The Labute approximate surface area is 260 Å². The summed E-state index contributed by atoms with van der Waals surface area (Å²) in [7, 11) is 3.28. The van der Waals surface area contributed by atoms with Crippen molar-refractivity contribution >= 4 is 45.5 Å². The Balaban J connectivity index is 1.70. The SMILES string of the molecule is CC(C)COC(=O)CCN(CCN1C(=O)C=CC1=O)C(=O)OCc1ccc(SSCCOCCOCCOCCO)cc1. The molecule has 12 nitrogen and oxygen atoms in total. The first-order valence-corrected chi connectivity index (χ1v) is 16.5. The van der Waals surface area contributed by atoms with Crippen molar-refractivity contribution < 1.29 is 48.0 Å². The second-order valence-electron chi connectivity index (χ2n) is 9.64. The minimum atomic E-state index is -0.654. The number of hydrogen-bond acceptors (Lipinski definition) is 12. The number of ether oxygens (including phenoxy) is 5. The Hall–Kier alpha value is -2.62. The number of esters is 1. The molecule has 3 amide bonds. The van der Waals surface area contributed by atoms with E-state index in [0.29, 0.717) is 39.6 Å². The summed E-state index contributed by atoms with van der Waals surface area (Å²) in [5, 5.41) is 8.62. The van der Waals surface area contributed by atoms with E-state index in [4.69, 9.17) is 28.8 Å². The van der Waals surface area contributed by atoms with Gasteiger partial charge in [0.05, 0.1) is 59.3 Å². The molecule has 1 aromatic carbocycles. The molecule has 2 rings (SSSR count). The van der Waals surface area contributed by atoms with Crippen molar-refractivity contribution in [3.05, 3.63) is 42.0 Å². The number of aliphatic hydroxyl groups excluding tert-OH is 1. The number of benzene rings is 1. The first kappa shape index (κ1) is 36.6. The van der Waals surface area contributed by atoms with E-state index in [0.717, 1.165) is 21.1 Å². The van der Waals surface area contributed by atoms with Crippen LogP contribution in [0.25, 0.3) is 0 Å². The van der Waals surface area contributed by atoms with Crippen LogP contribution in [-0.4, -0.2) is 117 Å². The molecule has 0 saturated carbocycles. The number of carbonyl (C=O) groups excluding carboxylic acids is 4. The van der Waals surface area contributed by atoms with Gasteiger partial charge in [0, 0.05) is 42.4 Å². The summed E-state index contributed by atoms with van der Waals surface area (Å²) in [6.07, 6.45) is 1.67. The van der Waals surface area contributed by atoms with Gasteiger partial charge in [-0.05, 0) is 23.6 Å². The summed E-state index contributed by atoms with van der Waals surface area (Å²) in [6, 6.07) is 7.62. The van der Waals surface area contributed by atoms with Crippen LogP contribution >= 0.6 is 21.6 Å². The summed E-state index contributed by atoms with van der Waals surface area (Å²) in [6.45, 7) is 7.04. The van der Waals surface area contributed by atoms with Crippen LogP contribution in [0.1, 0.15) is 25.8 Å². The number of amides is 3. The van der Waals surface area contributed by atoms with E-state index in [9.17, 15) is 19.2 Å². The lowest BCUT2D eigenvalue weighted by molar-refractivity contribution is -0.145. The maximum atomic E-state index is 12.9. The van der Waals surface area contributed by atoms with Crippen LogP contribution in [0.2, 0.25) is 0 Å². The van der Waals surface area contributed by atoms with E-state index >= 15 is 0 Å². The van der Waals surface area contributed by atoms with Gasteiger partial charge in [-0.1, -0.05) is 47.6 Å². The van der Waals surface area contributed by atoms with Crippen molar-refractivity contribution in [1.82, 2.24) is 9.80 Å². The van der Waals surface area contributed by atoms with E-state index in [1.54, 1.807) is 21.6 Å². The number of imide groups is 1. The molecule has 1 aliphatic heterocycles. The Morgan fingerprint density at radius 2 is 1.51 bits per heavy atom. The molecule has 1 aliphatic rings. The maximum absolute atomic E-state index is 12.9. The molecule has 0 atom stereocenters. The molecule has 1 heterocycles. The maximum Gasteiger partial charge on any atom is 0.410 e. The summed E-state index contributed by atoms with van der Waals surface area (Å²) in [4.78, 5) is 52.1. The topological polar surface area (TPSA) is 141 Å². The quantitative estimate of drug-likeness (QED) is 0.0812. The lowest BCUT2D eigenvalue weighted by atomic mass is 10.2. The Morgan fingerprint density at radius 3 is 2.14 bits per heavy atom. The summed E-state index contributed by atoms with van der Waals surface area (Å²) in [5.41, 5.74) is 0.790. The molecule has 0 aromatic heterocycles. The fraction of sp³-hybridized carbons (Fsp3) is 0.586. The van der Waals surface area contributed by atoms with Gasteiger partial charge >= 0.3 is 12.1 Å². The molecule has 0 spiro atoms. The highest BCUT2D eigenvalue weighted by atomic mass is 33.1. The first-order chi connectivity index (χ1) is 20.8. The third kappa shape index (κ3) is 16.1. The molecule has 43 heavy (non-hydrogen) atoms. The van der Waals surface area contributed by atoms with Gasteiger partial charge in [0.1, 0.15) is 6.61 Å². The molecule has 0 unspecified atom stereocenters. The van der Waals surface area contributed by atoms with Crippen LogP contribution in [0, 0.1) is 5.92 Å². The molecular formula is C29H42N2O10S2. The average Bonchev–Trinajstić information content (AvgIpc) is 3.32. The lowest BCUT2D eigenvalue weighted by Gasteiger charge is -2.24. The van der Waals surface area contributed by atoms with E-state index in [1.807, 2.05) is 38.1 Å². The molecule has 0 bridgehead atoms. The van der Waals surface area contributed by atoms with E-state index in [1.165, 1.54) is 17.1 Å². The van der Waals surface area contributed by atoms with Crippen molar-refractivity contribution in [3.8, 4) is 0 Å². The van der Waals surface area contributed by atoms with Crippen LogP contribution in [0.15, 0.2) is 41.3 Å². The highest BCUT2D eigenvalue weighted by Crippen LogP contribution is 2.30. The van der Waals surface area contributed by atoms with Gasteiger partial charge in [0.2, 0.25) is 0 Å². The highest BCUT2D eigenvalue weighted by Gasteiger charge is 2.25. The Bertz CT molecular complexity index is 1010. The van der Waals surface area contributed by atoms with Gasteiger partial charge in [-0.3, -0.25) is 19.3 Å². The molecule has 0 aliphatic carbocycles. The third-order valence-corrected chi connectivity index (χ3v) is 7.99. The van der Waals surface area contributed by atoms with Gasteiger partial charge < -0.3 is 33.7 Å². The second-order valence-corrected chi connectivity index (χ2v) is 12.1. The van der Waals surface area contributed by atoms with Crippen molar-refractivity contribution in [2.45, 2.75) is 31.8 Å². The standard InChI is InChI=1S/C29H42N2O10S2/c1-23(2)21-40-28(35)9-10-30(11-12-31-26(33)7-8-27(31)34)29(36)41-22-24-3-5-25(6-4-24)43-42-20-19-39-18-17-38-16-15-37-14-13-32/h3-8,23,32H,9-22H2,1-2H3. The zero-order valence-corrected chi connectivity index (χ0v) is 26.4. The fourth-order valence-electron chi connectivity index (χ4n) is 3.41. The van der Waals surface area contributed by atoms with Crippen molar-refractivity contribution in [3.63, 3.8) is 0 Å². The second kappa shape index (κ2) is 22.0. The zero-order chi connectivity index (χ0) is 31.3. The lowest BCUT2D eigenvalue weighted by Crippen LogP contribution is -2.42. The summed E-state index contributed by atoms with van der Waals surface area (Å²) < 4.78 is 26.7. The van der Waals surface area contributed by atoms with Gasteiger partial charge in [-0.15, -0.1) is 0 Å². The Kier molecular flexibility index (Phi) is 18.7. The average molecular weight is 643 g/mol. The molecular weight excluding hydrogens is 600 g/mol. The number of rotatable bonds is 23. The van der Waals surface area contributed by atoms with E-state index in [-0.39, 0.29) is 51.8 Å². The van der Waals surface area contributed by atoms with Crippen molar-refractivity contribution in [2.24, 2.45) is 5.92 Å². The number of hydrogen-bond donors (Lipinski definition) is 1. The summed E-state index contributed by atoms with van der Waals surface area (Å²) >= 11 is 0. The van der Waals surface area contributed by atoms with Crippen LogP contribution < -0.4 is 0 Å². The van der Waals surface area contributed by atoms with E-state index < -0.39 is 23.9 Å². The predicted octanol–water partition coefficient (Wildman–Crippen LogP) is 2.92. The molecule has 1 N–H and O–H groups in total. The van der Waals surface area contributed by atoms with Crippen LogP contribution in [0.4, 0.5) is 4.79 Å². The van der Waals surface area contributed by atoms with Crippen molar-refractivity contribution in [2.75, 3.05) is 78.2 Å². The minimum Gasteiger partial charge on any atom is -0.465 e. The summed E-state index contributed by atoms with van der Waals surface area (Å²) in [5.74, 6) is -0.338. The van der Waals surface area contributed by atoms with Crippen LogP contribution in [-0.2, 0) is 44.7 Å².